The first-order valence-electron chi connectivity index (χ1n) is 21.0. The van der Waals surface area contributed by atoms with E-state index in [1.54, 1.807) is 0 Å². The Morgan fingerprint density at radius 2 is 0.721 bits per heavy atom. The van der Waals surface area contributed by atoms with Crippen LogP contribution >= 0.6 is 0 Å². The molecule has 61 heavy (non-hydrogen) atoms. The van der Waals surface area contributed by atoms with Gasteiger partial charge in [-0.2, -0.15) is 0 Å². The predicted octanol–water partition coefficient (Wildman–Crippen LogP) is 15.5. The maximum Gasteiger partial charge on any atom is 0.0641 e. The maximum absolute atomic E-state index is 2.47. The van der Waals surface area contributed by atoms with E-state index in [0.717, 1.165) is 17.1 Å². The molecule has 3 aromatic heterocycles. The van der Waals surface area contributed by atoms with Crippen LogP contribution in [-0.2, 0) is 0 Å². The van der Waals surface area contributed by atoms with E-state index in [-0.39, 0.29) is 0 Å². The van der Waals surface area contributed by atoms with Gasteiger partial charge >= 0.3 is 0 Å². The first kappa shape index (κ1) is 33.8. The summed E-state index contributed by atoms with van der Waals surface area (Å²) < 4.78 is 7.34. The summed E-state index contributed by atoms with van der Waals surface area (Å²) in [5, 5.41) is 9.93. The molecular formula is C58H37N3. The highest BCUT2D eigenvalue weighted by atomic mass is 15.0. The third kappa shape index (κ3) is 5.11. The lowest BCUT2D eigenvalue weighted by Gasteiger charge is -2.11. The number of hydrogen-bond donors (Lipinski definition) is 0. The summed E-state index contributed by atoms with van der Waals surface area (Å²) in [4.78, 5) is 0. The van der Waals surface area contributed by atoms with Gasteiger partial charge in [-0.15, -0.1) is 0 Å². The van der Waals surface area contributed by atoms with E-state index < -0.39 is 0 Å². The van der Waals surface area contributed by atoms with Crippen molar-refractivity contribution in [2.75, 3.05) is 0 Å². The molecule has 13 rings (SSSR count). The molecule has 13 aromatic rings. The summed E-state index contributed by atoms with van der Waals surface area (Å²) in [6.07, 6.45) is 0. The number of benzene rings is 10. The Balaban J connectivity index is 1.06. The number of rotatable bonds is 5. The maximum atomic E-state index is 2.47. The lowest BCUT2D eigenvalue weighted by molar-refractivity contribution is 1.18. The van der Waals surface area contributed by atoms with E-state index >= 15 is 0 Å². The highest BCUT2D eigenvalue weighted by molar-refractivity contribution is 6.26. The van der Waals surface area contributed by atoms with Crippen LogP contribution in [0, 0.1) is 0 Å². The van der Waals surface area contributed by atoms with Crippen molar-refractivity contribution in [3.63, 3.8) is 0 Å². The standard InChI is InChI=1S/C58H37N3/c1-3-13-38(14-4-1)40-23-28-45(29-24-40)59-52-21-11-10-20-48(52)50-36-42(26-32-54(50)59)43-27-33-55-51(37-43)57-56(60(55)46-30-25-39-15-7-8-16-41(39)35-46)34-31-49-47-19-9-12-22-53(47)61(58(49)57)44-17-5-2-6-18-44/h1-37H. The first-order valence-corrected chi connectivity index (χ1v) is 21.0. The summed E-state index contributed by atoms with van der Waals surface area (Å²) in [6, 6.07) is 82.3. The van der Waals surface area contributed by atoms with Gasteiger partial charge in [0.25, 0.3) is 0 Å². The van der Waals surface area contributed by atoms with Gasteiger partial charge < -0.3 is 13.7 Å². The zero-order valence-electron chi connectivity index (χ0n) is 33.2. The smallest absolute Gasteiger partial charge is 0.0641 e. The Labute approximate surface area is 352 Å². The molecule has 0 atom stereocenters. The predicted molar refractivity (Wildman–Crippen MR) is 258 cm³/mol. The van der Waals surface area contributed by atoms with Crippen molar-refractivity contribution in [2.45, 2.75) is 0 Å². The Bertz CT molecular complexity index is 3850. The molecule has 0 unspecified atom stereocenters. The second-order valence-corrected chi connectivity index (χ2v) is 16.1. The molecule has 0 aliphatic heterocycles. The average Bonchev–Trinajstić information content (AvgIpc) is 3.97. The van der Waals surface area contributed by atoms with Crippen LogP contribution in [-0.4, -0.2) is 13.7 Å². The van der Waals surface area contributed by atoms with E-state index in [0.29, 0.717) is 0 Å². The van der Waals surface area contributed by atoms with Gasteiger partial charge in [-0.3, -0.25) is 0 Å². The molecule has 0 N–H and O–H groups in total. The van der Waals surface area contributed by atoms with Crippen molar-refractivity contribution in [1.82, 2.24) is 13.7 Å². The van der Waals surface area contributed by atoms with E-state index in [9.17, 15) is 0 Å². The Morgan fingerprint density at radius 1 is 0.230 bits per heavy atom. The van der Waals surface area contributed by atoms with Crippen LogP contribution in [0.2, 0.25) is 0 Å². The molecule has 0 spiro atoms. The Kier molecular flexibility index (Phi) is 7.31. The van der Waals surface area contributed by atoms with Crippen LogP contribution in [0.3, 0.4) is 0 Å². The normalized spacial score (nSPS) is 11.9. The van der Waals surface area contributed by atoms with Crippen molar-refractivity contribution >= 4 is 76.2 Å². The molecule has 3 heterocycles. The summed E-state index contributed by atoms with van der Waals surface area (Å²) >= 11 is 0. The molecule has 0 aliphatic rings. The van der Waals surface area contributed by atoms with Crippen LogP contribution in [0.1, 0.15) is 0 Å². The lowest BCUT2D eigenvalue weighted by Crippen LogP contribution is -1.95. The van der Waals surface area contributed by atoms with Gasteiger partial charge in [-0.1, -0.05) is 146 Å². The summed E-state index contributed by atoms with van der Waals surface area (Å²) in [6.45, 7) is 0. The van der Waals surface area contributed by atoms with Gasteiger partial charge in [-0.05, 0) is 112 Å². The van der Waals surface area contributed by atoms with Gasteiger partial charge in [0.05, 0.1) is 33.1 Å². The van der Waals surface area contributed by atoms with Crippen LogP contribution in [0.5, 0.6) is 0 Å². The molecule has 0 saturated carbocycles. The lowest BCUT2D eigenvalue weighted by atomic mass is 10.00. The molecular weight excluding hydrogens is 739 g/mol. The van der Waals surface area contributed by atoms with Crippen molar-refractivity contribution in [3.05, 3.63) is 224 Å². The Hall–Kier alpha value is -8.14. The quantitative estimate of drug-likeness (QED) is 0.165. The van der Waals surface area contributed by atoms with Gasteiger partial charge in [0.1, 0.15) is 0 Å². The summed E-state index contributed by atoms with van der Waals surface area (Å²) in [7, 11) is 0. The second kappa shape index (κ2) is 13.2. The van der Waals surface area contributed by atoms with Gasteiger partial charge in [0.15, 0.2) is 0 Å². The number of aromatic nitrogens is 3. The van der Waals surface area contributed by atoms with Crippen molar-refractivity contribution in [3.8, 4) is 39.3 Å². The third-order valence-electron chi connectivity index (χ3n) is 12.8. The van der Waals surface area contributed by atoms with Crippen LogP contribution < -0.4 is 0 Å². The molecule has 0 aliphatic carbocycles. The molecule has 0 saturated heterocycles. The molecule has 0 fully saturated rings. The fraction of sp³-hybridized carbons (Fsp3) is 0. The fourth-order valence-corrected chi connectivity index (χ4v) is 10.0. The van der Waals surface area contributed by atoms with E-state index in [1.807, 2.05) is 0 Å². The van der Waals surface area contributed by atoms with Crippen molar-refractivity contribution in [1.29, 1.82) is 0 Å². The van der Waals surface area contributed by atoms with E-state index in [1.165, 1.54) is 98.4 Å². The summed E-state index contributed by atoms with van der Waals surface area (Å²) in [5.74, 6) is 0. The van der Waals surface area contributed by atoms with Gasteiger partial charge in [0.2, 0.25) is 0 Å². The molecule has 10 aromatic carbocycles. The summed E-state index contributed by atoms with van der Waals surface area (Å²) in [5.41, 5.74) is 15.5. The number of hydrogen-bond acceptors (Lipinski definition) is 0. The fourth-order valence-electron chi connectivity index (χ4n) is 10.0. The third-order valence-corrected chi connectivity index (χ3v) is 12.8. The molecule has 0 amide bonds. The Morgan fingerprint density at radius 3 is 1.48 bits per heavy atom. The highest BCUT2D eigenvalue weighted by Crippen LogP contribution is 2.44. The van der Waals surface area contributed by atoms with Crippen LogP contribution in [0.15, 0.2) is 224 Å². The van der Waals surface area contributed by atoms with Crippen LogP contribution in [0.4, 0.5) is 0 Å². The first-order chi connectivity index (χ1) is 30.3. The minimum Gasteiger partial charge on any atom is -0.309 e. The van der Waals surface area contributed by atoms with Crippen LogP contribution in [0.25, 0.3) is 116 Å². The highest BCUT2D eigenvalue weighted by Gasteiger charge is 2.22. The number of nitrogens with zero attached hydrogens (tertiary/aromatic N) is 3. The molecule has 3 heteroatoms. The topological polar surface area (TPSA) is 14.8 Å². The molecule has 0 bridgehead atoms. The van der Waals surface area contributed by atoms with Gasteiger partial charge in [-0.25, -0.2) is 0 Å². The SMILES string of the molecule is c1ccc(-c2ccc(-n3c4ccccc4c4cc(-c5ccc6c(c5)c5c(ccc7c8ccccc8n(-c8ccccc8)c75)n6-c5ccc6ccccc6c5)ccc43)cc2)cc1. The second-order valence-electron chi connectivity index (χ2n) is 16.1. The van der Waals surface area contributed by atoms with Crippen molar-refractivity contribution < 1.29 is 0 Å². The number of para-hydroxylation sites is 3. The molecule has 3 nitrogen and oxygen atoms in total. The minimum absolute atomic E-state index is 1.15. The van der Waals surface area contributed by atoms with E-state index in [2.05, 4.69) is 238 Å². The molecule has 284 valence electrons. The van der Waals surface area contributed by atoms with Crippen molar-refractivity contribution in [2.24, 2.45) is 0 Å². The monoisotopic (exact) mass is 775 g/mol. The zero-order valence-corrected chi connectivity index (χ0v) is 33.2. The largest absolute Gasteiger partial charge is 0.309 e. The average molecular weight is 776 g/mol. The molecule has 0 radical (unpaired) electrons. The number of fused-ring (bicyclic) bond motifs is 11. The van der Waals surface area contributed by atoms with Gasteiger partial charge in [0, 0.05) is 49.4 Å². The van der Waals surface area contributed by atoms with E-state index in [4.69, 9.17) is 0 Å². The zero-order chi connectivity index (χ0) is 40.0. The minimum atomic E-state index is 1.15.